The first kappa shape index (κ1) is 15.5. The number of anilines is 1. The molecule has 1 aromatic carbocycles. The third kappa shape index (κ3) is 5.30. The number of carbonyl (C=O) groups is 2. The summed E-state index contributed by atoms with van der Waals surface area (Å²) in [6.07, 6.45) is 0.420. The van der Waals surface area contributed by atoms with Gasteiger partial charge in [-0.2, -0.15) is 0 Å². The molecule has 0 aliphatic carbocycles. The van der Waals surface area contributed by atoms with Crippen LogP contribution in [-0.4, -0.2) is 18.4 Å². The van der Waals surface area contributed by atoms with Crippen molar-refractivity contribution >= 4 is 29.1 Å². The Labute approximate surface area is 118 Å². The highest BCUT2D eigenvalue weighted by Gasteiger charge is 2.09. The topological polar surface area (TPSA) is 58.2 Å². The number of rotatable bonds is 5. The fourth-order valence-corrected chi connectivity index (χ4v) is 1.73. The molecular weight excluding hydrogens is 264 g/mol. The van der Waals surface area contributed by atoms with Crippen LogP contribution in [0.25, 0.3) is 0 Å². The first-order valence-electron chi connectivity index (χ1n) is 6.21. The SMILES string of the molecule is Cc1c(Cl)cccc1NC(=O)CNC(=O)CC(C)C. The van der Waals surface area contributed by atoms with Crippen LogP contribution in [0.1, 0.15) is 25.8 Å². The van der Waals surface area contributed by atoms with E-state index in [0.29, 0.717) is 17.1 Å². The smallest absolute Gasteiger partial charge is 0.243 e. The van der Waals surface area contributed by atoms with E-state index in [1.54, 1.807) is 18.2 Å². The Morgan fingerprint density at radius 1 is 1.26 bits per heavy atom. The molecule has 0 fully saturated rings. The molecule has 0 aromatic heterocycles. The molecule has 2 N–H and O–H groups in total. The predicted molar refractivity (Wildman–Crippen MR) is 77.3 cm³/mol. The first-order chi connectivity index (χ1) is 8.90. The maximum atomic E-state index is 11.7. The van der Waals surface area contributed by atoms with Crippen molar-refractivity contribution in [3.05, 3.63) is 28.8 Å². The van der Waals surface area contributed by atoms with E-state index in [9.17, 15) is 9.59 Å². The van der Waals surface area contributed by atoms with Gasteiger partial charge in [0.25, 0.3) is 0 Å². The third-order valence-electron chi connectivity index (χ3n) is 2.58. The highest BCUT2D eigenvalue weighted by Crippen LogP contribution is 2.22. The largest absolute Gasteiger partial charge is 0.347 e. The summed E-state index contributed by atoms with van der Waals surface area (Å²) in [5.41, 5.74) is 1.47. The summed E-state index contributed by atoms with van der Waals surface area (Å²) in [6.45, 7) is 5.71. The van der Waals surface area contributed by atoms with E-state index in [1.165, 1.54) is 0 Å². The minimum atomic E-state index is -0.262. The van der Waals surface area contributed by atoms with Gasteiger partial charge in [-0.1, -0.05) is 31.5 Å². The number of hydrogen-bond donors (Lipinski definition) is 2. The van der Waals surface area contributed by atoms with E-state index in [4.69, 9.17) is 11.6 Å². The Balaban J connectivity index is 2.48. The van der Waals surface area contributed by atoms with E-state index >= 15 is 0 Å². The molecule has 104 valence electrons. The molecule has 0 spiro atoms. The zero-order valence-corrected chi connectivity index (χ0v) is 12.2. The molecule has 19 heavy (non-hydrogen) atoms. The lowest BCUT2D eigenvalue weighted by Crippen LogP contribution is -2.33. The van der Waals surface area contributed by atoms with E-state index in [-0.39, 0.29) is 24.3 Å². The summed E-state index contributed by atoms with van der Waals surface area (Å²) in [7, 11) is 0. The minimum Gasteiger partial charge on any atom is -0.347 e. The quantitative estimate of drug-likeness (QED) is 0.872. The maximum absolute atomic E-state index is 11.7. The summed E-state index contributed by atoms with van der Waals surface area (Å²) in [5, 5.41) is 5.90. The van der Waals surface area contributed by atoms with Crippen molar-refractivity contribution in [2.45, 2.75) is 27.2 Å². The molecule has 1 aromatic rings. The van der Waals surface area contributed by atoms with Gasteiger partial charge in [0.2, 0.25) is 11.8 Å². The Bertz CT molecular complexity index is 473. The van der Waals surface area contributed by atoms with Gasteiger partial charge in [0.15, 0.2) is 0 Å². The van der Waals surface area contributed by atoms with Gasteiger partial charge in [0.1, 0.15) is 0 Å². The normalized spacial score (nSPS) is 10.4. The number of nitrogens with one attached hydrogen (secondary N) is 2. The fourth-order valence-electron chi connectivity index (χ4n) is 1.56. The number of hydrogen-bond acceptors (Lipinski definition) is 2. The van der Waals surface area contributed by atoms with Crippen LogP contribution < -0.4 is 10.6 Å². The van der Waals surface area contributed by atoms with Crippen LogP contribution in [0, 0.1) is 12.8 Å². The monoisotopic (exact) mass is 282 g/mol. The molecule has 4 nitrogen and oxygen atoms in total. The molecule has 0 unspecified atom stereocenters. The number of benzene rings is 1. The number of carbonyl (C=O) groups excluding carboxylic acids is 2. The summed E-state index contributed by atoms with van der Waals surface area (Å²) in [6, 6.07) is 5.30. The predicted octanol–water partition coefficient (Wildman–Crippen LogP) is 2.75. The van der Waals surface area contributed by atoms with Crippen molar-refractivity contribution in [2.75, 3.05) is 11.9 Å². The van der Waals surface area contributed by atoms with Gasteiger partial charge in [-0.25, -0.2) is 0 Å². The van der Waals surface area contributed by atoms with Gasteiger partial charge >= 0.3 is 0 Å². The van der Waals surface area contributed by atoms with E-state index in [2.05, 4.69) is 10.6 Å². The summed E-state index contributed by atoms with van der Waals surface area (Å²) in [4.78, 5) is 23.1. The molecule has 0 aliphatic rings. The molecule has 0 saturated heterocycles. The van der Waals surface area contributed by atoms with Crippen molar-refractivity contribution < 1.29 is 9.59 Å². The Morgan fingerprint density at radius 2 is 1.95 bits per heavy atom. The van der Waals surface area contributed by atoms with Crippen LogP contribution in [0.5, 0.6) is 0 Å². The zero-order chi connectivity index (χ0) is 14.4. The molecule has 1 rings (SSSR count). The van der Waals surface area contributed by atoms with Crippen molar-refractivity contribution in [1.29, 1.82) is 0 Å². The van der Waals surface area contributed by atoms with Crippen LogP contribution in [-0.2, 0) is 9.59 Å². The van der Waals surface area contributed by atoms with Crippen LogP contribution in [0.15, 0.2) is 18.2 Å². The van der Waals surface area contributed by atoms with Crippen molar-refractivity contribution in [3.63, 3.8) is 0 Å². The molecule has 5 heteroatoms. The van der Waals surface area contributed by atoms with Crippen LogP contribution in [0.3, 0.4) is 0 Å². The molecule has 0 aliphatic heterocycles. The zero-order valence-electron chi connectivity index (χ0n) is 11.4. The lowest BCUT2D eigenvalue weighted by atomic mass is 10.1. The van der Waals surface area contributed by atoms with Crippen molar-refractivity contribution in [1.82, 2.24) is 5.32 Å². The number of amides is 2. The second kappa shape index (κ2) is 7.14. The van der Waals surface area contributed by atoms with Crippen molar-refractivity contribution in [2.24, 2.45) is 5.92 Å². The highest BCUT2D eigenvalue weighted by atomic mass is 35.5. The van der Waals surface area contributed by atoms with E-state index < -0.39 is 0 Å². The van der Waals surface area contributed by atoms with Gasteiger partial charge in [0.05, 0.1) is 6.54 Å². The van der Waals surface area contributed by atoms with Crippen molar-refractivity contribution in [3.8, 4) is 0 Å². The summed E-state index contributed by atoms with van der Waals surface area (Å²) < 4.78 is 0. The molecule has 0 atom stereocenters. The first-order valence-corrected chi connectivity index (χ1v) is 6.59. The van der Waals surface area contributed by atoms with Crippen LogP contribution in [0.4, 0.5) is 5.69 Å². The van der Waals surface area contributed by atoms with Gasteiger partial charge in [-0.15, -0.1) is 0 Å². The second-order valence-corrected chi connectivity index (χ2v) is 5.24. The standard InChI is InChI=1S/C14H19ClN2O2/c1-9(2)7-13(18)16-8-14(19)17-12-6-4-5-11(15)10(12)3/h4-6,9H,7-8H2,1-3H3,(H,16,18)(H,17,19). The second-order valence-electron chi connectivity index (χ2n) is 4.84. The lowest BCUT2D eigenvalue weighted by Gasteiger charge is -2.10. The Kier molecular flexibility index (Phi) is 5.83. The van der Waals surface area contributed by atoms with E-state index in [1.807, 2.05) is 20.8 Å². The molecule has 0 saturated carbocycles. The van der Waals surface area contributed by atoms with Gasteiger partial charge < -0.3 is 10.6 Å². The Morgan fingerprint density at radius 3 is 2.58 bits per heavy atom. The minimum absolute atomic E-state index is 0.0303. The lowest BCUT2D eigenvalue weighted by molar-refractivity contribution is -0.124. The van der Waals surface area contributed by atoms with Crippen LogP contribution in [0.2, 0.25) is 5.02 Å². The molecule has 0 radical (unpaired) electrons. The van der Waals surface area contributed by atoms with Gasteiger partial charge in [0, 0.05) is 17.1 Å². The third-order valence-corrected chi connectivity index (χ3v) is 2.99. The molecule has 0 heterocycles. The molecule has 0 bridgehead atoms. The highest BCUT2D eigenvalue weighted by molar-refractivity contribution is 6.31. The average molecular weight is 283 g/mol. The summed E-state index contributed by atoms with van der Waals surface area (Å²) >= 11 is 5.96. The van der Waals surface area contributed by atoms with Gasteiger partial charge in [-0.3, -0.25) is 9.59 Å². The fraction of sp³-hybridized carbons (Fsp3) is 0.429. The maximum Gasteiger partial charge on any atom is 0.243 e. The molecule has 2 amide bonds. The van der Waals surface area contributed by atoms with Crippen LogP contribution >= 0.6 is 11.6 Å². The number of halogens is 1. The van der Waals surface area contributed by atoms with E-state index in [0.717, 1.165) is 5.56 Å². The average Bonchev–Trinajstić information content (AvgIpc) is 2.32. The Hall–Kier alpha value is -1.55. The van der Waals surface area contributed by atoms with Gasteiger partial charge in [-0.05, 0) is 30.5 Å². The summed E-state index contributed by atoms with van der Waals surface area (Å²) in [5.74, 6) is -0.103. The molecular formula is C14H19ClN2O2.